The molecule has 0 atom stereocenters. The van der Waals surface area contributed by atoms with Crippen LogP contribution in [-0.4, -0.2) is 17.6 Å². The van der Waals surface area contributed by atoms with E-state index in [9.17, 15) is 4.79 Å². The quantitative estimate of drug-likeness (QED) is 0.875. The van der Waals surface area contributed by atoms with Crippen LogP contribution in [0.25, 0.3) is 0 Å². The first-order valence-electron chi connectivity index (χ1n) is 5.97. The first-order valence-corrected chi connectivity index (χ1v) is 6.34. The molecule has 2 aromatic rings. The zero-order valence-electron chi connectivity index (χ0n) is 10.8. The van der Waals surface area contributed by atoms with Crippen molar-refractivity contribution in [3.05, 3.63) is 47.1 Å². The largest absolute Gasteiger partial charge is 0.462 e. The summed E-state index contributed by atoms with van der Waals surface area (Å²) in [7, 11) is 0. The number of hydrogen-bond donors (Lipinski definition) is 1. The van der Waals surface area contributed by atoms with Crippen LogP contribution in [-0.2, 0) is 4.74 Å². The Labute approximate surface area is 121 Å². The monoisotopic (exact) mass is 292 g/mol. The Kier molecular flexibility index (Phi) is 4.42. The van der Waals surface area contributed by atoms with E-state index in [0.29, 0.717) is 10.8 Å². The molecule has 6 heteroatoms. The zero-order chi connectivity index (χ0) is 14.5. The van der Waals surface area contributed by atoms with E-state index in [1.165, 1.54) is 12.3 Å². The van der Waals surface area contributed by atoms with Gasteiger partial charge in [-0.3, -0.25) is 0 Å². The molecule has 0 aliphatic heterocycles. The van der Waals surface area contributed by atoms with Gasteiger partial charge in [-0.05, 0) is 31.2 Å². The summed E-state index contributed by atoms with van der Waals surface area (Å²) >= 11 is 5.87. The number of hydrogen-bond acceptors (Lipinski definition) is 5. The minimum absolute atomic E-state index is 0.130. The van der Waals surface area contributed by atoms with Crippen LogP contribution >= 0.6 is 11.6 Å². The summed E-state index contributed by atoms with van der Waals surface area (Å²) in [6.45, 7) is 1.99. The maximum atomic E-state index is 11.7. The van der Waals surface area contributed by atoms with Gasteiger partial charge in [0, 0.05) is 11.2 Å². The van der Waals surface area contributed by atoms with Crippen molar-refractivity contribution in [3.63, 3.8) is 0 Å². The predicted molar refractivity (Wildman–Crippen MR) is 76.1 cm³/mol. The second-order valence-corrected chi connectivity index (χ2v) is 4.29. The number of carbonyl (C=O) groups is 1. The summed E-state index contributed by atoms with van der Waals surface area (Å²) in [5.41, 5.74) is 6.23. The Morgan fingerprint density at radius 2 is 2.20 bits per heavy atom. The van der Waals surface area contributed by atoms with Gasteiger partial charge in [0.15, 0.2) is 0 Å². The maximum absolute atomic E-state index is 11.7. The van der Waals surface area contributed by atoms with Crippen LogP contribution in [0.15, 0.2) is 36.5 Å². The highest BCUT2D eigenvalue weighted by atomic mass is 35.5. The summed E-state index contributed by atoms with van der Waals surface area (Å²) in [5, 5.41) is 0.530. The number of pyridine rings is 1. The van der Waals surface area contributed by atoms with Gasteiger partial charge in [-0.2, -0.15) is 0 Å². The third-order valence-electron chi connectivity index (χ3n) is 2.46. The van der Waals surface area contributed by atoms with E-state index in [1.54, 1.807) is 31.2 Å². The molecular formula is C14H13ClN2O3. The van der Waals surface area contributed by atoms with E-state index < -0.39 is 5.97 Å². The van der Waals surface area contributed by atoms with Gasteiger partial charge in [0.2, 0.25) is 5.88 Å². The summed E-state index contributed by atoms with van der Waals surface area (Å²) in [6.07, 6.45) is 1.43. The van der Waals surface area contributed by atoms with Crippen LogP contribution in [0.2, 0.25) is 5.02 Å². The predicted octanol–water partition coefficient (Wildman–Crippen LogP) is 3.29. The lowest BCUT2D eigenvalue weighted by Crippen LogP contribution is -2.09. The van der Waals surface area contributed by atoms with Gasteiger partial charge in [0.1, 0.15) is 11.4 Å². The van der Waals surface area contributed by atoms with Crippen LogP contribution in [0.1, 0.15) is 17.3 Å². The lowest BCUT2D eigenvalue weighted by atomic mass is 10.2. The number of anilines is 1. The van der Waals surface area contributed by atoms with Crippen molar-refractivity contribution < 1.29 is 14.3 Å². The van der Waals surface area contributed by atoms with Crippen LogP contribution in [0.4, 0.5) is 5.69 Å². The molecular weight excluding hydrogens is 280 g/mol. The number of aromatic nitrogens is 1. The highest BCUT2D eigenvalue weighted by Gasteiger charge is 2.16. The fourth-order valence-corrected chi connectivity index (χ4v) is 1.74. The van der Waals surface area contributed by atoms with Crippen molar-refractivity contribution in [2.45, 2.75) is 6.92 Å². The Hall–Kier alpha value is -2.27. The molecule has 1 aromatic heterocycles. The van der Waals surface area contributed by atoms with E-state index in [1.807, 2.05) is 0 Å². The molecule has 0 fully saturated rings. The fraction of sp³-hybridized carbons (Fsp3) is 0.143. The van der Waals surface area contributed by atoms with E-state index in [0.717, 1.165) is 0 Å². The average molecular weight is 293 g/mol. The number of benzene rings is 1. The molecule has 0 unspecified atom stereocenters. The van der Waals surface area contributed by atoms with Crippen LogP contribution in [0.3, 0.4) is 0 Å². The Balaban J connectivity index is 2.29. The number of nitrogens with zero attached hydrogens (tertiary/aromatic N) is 1. The number of nitrogen functional groups attached to an aromatic ring is 1. The minimum atomic E-state index is -0.511. The van der Waals surface area contributed by atoms with Gasteiger partial charge in [0.25, 0.3) is 0 Å². The lowest BCUT2D eigenvalue weighted by molar-refractivity contribution is 0.0527. The maximum Gasteiger partial charge on any atom is 0.340 e. The van der Waals surface area contributed by atoms with E-state index >= 15 is 0 Å². The van der Waals surface area contributed by atoms with E-state index in [2.05, 4.69) is 4.98 Å². The van der Waals surface area contributed by atoms with Gasteiger partial charge in [-0.15, -0.1) is 0 Å². The van der Waals surface area contributed by atoms with Gasteiger partial charge < -0.3 is 15.2 Å². The number of ether oxygens (including phenoxy) is 2. The van der Waals surface area contributed by atoms with Crippen molar-refractivity contribution in [3.8, 4) is 11.6 Å². The van der Waals surface area contributed by atoms with Crippen molar-refractivity contribution in [1.29, 1.82) is 0 Å². The standard InChI is InChI=1S/C14H13ClN2O3/c1-2-19-14(18)11-6-7-17-13(12(11)16)20-10-5-3-4-9(15)8-10/h3-8H,2,16H2,1H3. The van der Waals surface area contributed by atoms with Gasteiger partial charge in [-0.25, -0.2) is 9.78 Å². The summed E-state index contributed by atoms with van der Waals surface area (Å²) in [6, 6.07) is 8.28. The molecule has 5 nitrogen and oxygen atoms in total. The highest BCUT2D eigenvalue weighted by molar-refractivity contribution is 6.30. The Morgan fingerprint density at radius 3 is 2.90 bits per heavy atom. The summed E-state index contributed by atoms with van der Waals surface area (Å²) in [5.74, 6) is 0.110. The average Bonchev–Trinajstić information content (AvgIpc) is 2.41. The SMILES string of the molecule is CCOC(=O)c1ccnc(Oc2cccc(Cl)c2)c1N. The second-order valence-electron chi connectivity index (χ2n) is 3.86. The molecule has 2 rings (SSSR count). The molecule has 0 saturated carbocycles. The van der Waals surface area contributed by atoms with E-state index in [4.69, 9.17) is 26.8 Å². The van der Waals surface area contributed by atoms with Crippen molar-refractivity contribution in [2.24, 2.45) is 0 Å². The Morgan fingerprint density at radius 1 is 1.40 bits per heavy atom. The number of rotatable bonds is 4. The number of carbonyl (C=O) groups excluding carboxylic acids is 1. The molecule has 0 radical (unpaired) electrons. The second kappa shape index (κ2) is 6.25. The molecule has 0 spiro atoms. The first kappa shape index (κ1) is 14.1. The van der Waals surface area contributed by atoms with E-state index in [-0.39, 0.29) is 23.7 Å². The molecule has 0 aliphatic rings. The molecule has 0 amide bonds. The number of esters is 1. The van der Waals surface area contributed by atoms with Crippen LogP contribution < -0.4 is 10.5 Å². The Bertz CT molecular complexity index is 632. The van der Waals surface area contributed by atoms with Crippen molar-refractivity contribution in [2.75, 3.05) is 12.3 Å². The van der Waals surface area contributed by atoms with Crippen molar-refractivity contribution in [1.82, 2.24) is 4.98 Å². The highest BCUT2D eigenvalue weighted by Crippen LogP contribution is 2.29. The minimum Gasteiger partial charge on any atom is -0.462 e. The van der Waals surface area contributed by atoms with Gasteiger partial charge in [0.05, 0.1) is 12.2 Å². The summed E-state index contributed by atoms with van der Waals surface area (Å²) < 4.78 is 10.4. The van der Waals surface area contributed by atoms with Crippen LogP contribution in [0.5, 0.6) is 11.6 Å². The molecule has 2 N–H and O–H groups in total. The zero-order valence-corrected chi connectivity index (χ0v) is 11.6. The first-order chi connectivity index (χ1) is 9.61. The molecule has 0 saturated heterocycles. The van der Waals surface area contributed by atoms with Crippen LogP contribution in [0, 0.1) is 0 Å². The topological polar surface area (TPSA) is 74.4 Å². The van der Waals surface area contributed by atoms with Crippen molar-refractivity contribution >= 4 is 23.3 Å². The lowest BCUT2D eigenvalue weighted by Gasteiger charge is -2.10. The molecule has 1 aromatic carbocycles. The normalized spacial score (nSPS) is 10.1. The van der Waals surface area contributed by atoms with Gasteiger partial charge in [-0.1, -0.05) is 17.7 Å². The third-order valence-corrected chi connectivity index (χ3v) is 2.69. The van der Waals surface area contributed by atoms with Gasteiger partial charge >= 0.3 is 5.97 Å². The summed E-state index contributed by atoms with van der Waals surface area (Å²) in [4.78, 5) is 15.7. The third kappa shape index (κ3) is 3.19. The molecule has 1 heterocycles. The smallest absolute Gasteiger partial charge is 0.340 e. The molecule has 0 bridgehead atoms. The number of halogens is 1. The molecule has 104 valence electrons. The molecule has 20 heavy (non-hydrogen) atoms. The molecule has 0 aliphatic carbocycles. The number of nitrogens with two attached hydrogens (primary N) is 1. The fourth-order valence-electron chi connectivity index (χ4n) is 1.56.